The summed E-state index contributed by atoms with van der Waals surface area (Å²) in [7, 11) is 0. The van der Waals surface area contributed by atoms with Crippen LogP contribution in [0, 0.1) is 10.1 Å². The molecule has 0 radical (unpaired) electrons. The topological polar surface area (TPSA) is 118 Å². The molecule has 0 spiro atoms. The summed E-state index contributed by atoms with van der Waals surface area (Å²) in [6.07, 6.45) is 2.43. The van der Waals surface area contributed by atoms with Gasteiger partial charge in [-0.2, -0.15) is 5.10 Å². The number of nitro benzene ring substituents is 1. The van der Waals surface area contributed by atoms with Gasteiger partial charge in [0, 0.05) is 17.7 Å². The Labute approximate surface area is 126 Å². The van der Waals surface area contributed by atoms with Crippen molar-refractivity contribution in [2.24, 2.45) is 5.10 Å². The number of carbonyl (C=O) groups is 1. The van der Waals surface area contributed by atoms with Gasteiger partial charge in [0.25, 0.3) is 5.69 Å². The number of aromatic hydroxyl groups is 1. The molecule has 0 saturated carbocycles. The second-order valence-corrected chi connectivity index (χ2v) is 4.65. The smallest absolute Gasteiger partial charge is 0.307 e. The van der Waals surface area contributed by atoms with Crippen molar-refractivity contribution in [2.45, 2.75) is 0 Å². The van der Waals surface area contributed by atoms with Crippen LogP contribution in [0.25, 0.3) is 0 Å². The van der Waals surface area contributed by atoms with Crippen LogP contribution in [0.4, 0.5) is 5.69 Å². The van der Waals surface area contributed by atoms with Gasteiger partial charge in [-0.3, -0.25) is 14.9 Å². The monoisotopic (exact) mass is 353 g/mol. The number of halogens is 1. The fourth-order valence-electron chi connectivity index (χ4n) is 1.43. The van der Waals surface area contributed by atoms with Crippen LogP contribution in [0.3, 0.4) is 0 Å². The summed E-state index contributed by atoms with van der Waals surface area (Å²) in [5.74, 6) is -0.742. The van der Waals surface area contributed by atoms with Gasteiger partial charge in [0.1, 0.15) is 5.75 Å². The van der Waals surface area contributed by atoms with E-state index in [0.29, 0.717) is 0 Å². The van der Waals surface area contributed by atoms with Crippen LogP contribution in [-0.2, 0) is 0 Å². The van der Waals surface area contributed by atoms with Gasteiger partial charge in [0.05, 0.1) is 21.9 Å². The lowest BCUT2D eigenvalue weighted by atomic mass is 10.2. The molecule has 108 valence electrons. The third-order valence-corrected chi connectivity index (χ3v) is 3.01. The highest BCUT2D eigenvalue weighted by Crippen LogP contribution is 2.31. The Morgan fingerprint density at radius 3 is 2.90 bits per heavy atom. The lowest BCUT2D eigenvalue weighted by Gasteiger charge is -2.02. The first-order valence-electron chi connectivity index (χ1n) is 5.53. The number of nitrogens with one attached hydrogen (secondary N) is 1. The fourth-order valence-corrected chi connectivity index (χ4v) is 1.90. The molecule has 8 nitrogen and oxygen atoms in total. The van der Waals surface area contributed by atoms with Crippen LogP contribution in [0.5, 0.6) is 5.75 Å². The molecule has 0 aliphatic rings. The average Bonchev–Trinajstić information content (AvgIpc) is 2.97. The minimum absolute atomic E-state index is 0.0663. The number of nitro groups is 1. The van der Waals surface area contributed by atoms with Crippen LogP contribution < -0.4 is 5.43 Å². The Kier molecular flexibility index (Phi) is 4.33. The van der Waals surface area contributed by atoms with Gasteiger partial charge in [0.15, 0.2) is 5.76 Å². The molecule has 0 bridgehead atoms. The van der Waals surface area contributed by atoms with E-state index in [1.807, 2.05) is 0 Å². The quantitative estimate of drug-likeness (QED) is 0.497. The first-order valence-corrected chi connectivity index (χ1v) is 6.32. The van der Waals surface area contributed by atoms with Crippen molar-refractivity contribution in [3.63, 3.8) is 0 Å². The predicted molar refractivity (Wildman–Crippen MR) is 76.2 cm³/mol. The van der Waals surface area contributed by atoms with Crippen LogP contribution in [0.2, 0.25) is 0 Å². The Balaban J connectivity index is 2.17. The zero-order valence-corrected chi connectivity index (χ0v) is 11.9. The number of nitrogens with zero attached hydrogens (tertiary/aromatic N) is 2. The minimum Gasteiger partial charge on any atom is -0.506 e. The highest BCUT2D eigenvalue weighted by atomic mass is 79.9. The summed E-state index contributed by atoms with van der Waals surface area (Å²) in [5.41, 5.74) is 2.03. The molecule has 2 rings (SSSR count). The zero-order valence-electron chi connectivity index (χ0n) is 10.3. The molecule has 9 heteroatoms. The SMILES string of the molecule is O=C(N/N=C\c1cc([N+](=O)[O-])cc(Br)c1O)c1ccco1. The summed E-state index contributed by atoms with van der Waals surface area (Å²) < 4.78 is 5.01. The van der Waals surface area contributed by atoms with Gasteiger partial charge < -0.3 is 9.52 Å². The highest BCUT2D eigenvalue weighted by molar-refractivity contribution is 9.10. The number of hydrazone groups is 1. The Morgan fingerprint density at radius 1 is 1.52 bits per heavy atom. The predicted octanol–water partition coefficient (Wildman–Crippen LogP) is 2.42. The van der Waals surface area contributed by atoms with Crippen molar-refractivity contribution < 1.29 is 19.2 Å². The van der Waals surface area contributed by atoms with Gasteiger partial charge in [0.2, 0.25) is 0 Å². The van der Waals surface area contributed by atoms with E-state index in [-0.39, 0.29) is 27.2 Å². The van der Waals surface area contributed by atoms with Crippen LogP contribution in [-0.4, -0.2) is 22.2 Å². The molecule has 21 heavy (non-hydrogen) atoms. The summed E-state index contributed by atoms with van der Waals surface area (Å²) in [4.78, 5) is 21.6. The van der Waals surface area contributed by atoms with Gasteiger partial charge in [-0.25, -0.2) is 5.43 Å². The van der Waals surface area contributed by atoms with E-state index in [1.165, 1.54) is 12.3 Å². The number of carbonyl (C=O) groups excluding carboxylic acids is 1. The molecule has 1 aromatic carbocycles. The van der Waals surface area contributed by atoms with E-state index < -0.39 is 10.8 Å². The zero-order chi connectivity index (χ0) is 15.4. The maximum absolute atomic E-state index is 11.5. The van der Waals surface area contributed by atoms with Crippen molar-refractivity contribution in [1.82, 2.24) is 5.43 Å². The molecule has 1 amide bonds. The fraction of sp³-hybridized carbons (Fsp3) is 0. The summed E-state index contributed by atoms with van der Waals surface area (Å²) in [5, 5.41) is 24.1. The molecule has 1 heterocycles. The molecule has 0 aliphatic heterocycles. The van der Waals surface area contributed by atoms with Crippen LogP contribution >= 0.6 is 15.9 Å². The molecule has 1 aromatic heterocycles. The van der Waals surface area contributed by atoms with Crippen LogP contribution in [0.1, 0.15) is 16.1 Å². The van der Waals surface area contributed by atoms with E-state index in [4.69, 9.17) is 4.42 Å². The first-order chi connectivity index (χ1) is 9.99. The van der Waals surface area contributed by atoms with Crippen molar-refractivity contribution in [3.8, 4) is 5.75 Å². The van der Waals surface area contributed by atoms with E-state index in [9.17, 15) is 20.0 Å². The molecule has 0 unspecified atom stereocenters. The Hall–Kier alpha value is -2.68. The van der Waals surface area contributed by atoms with Crippen molar-refractivity contribution in [3.05, 3.63) is 56.4 Å². The molecule has 0 atom stereocenters. The van der Waals surface area contributed by atoms with E-state index >= 15 is 0 Å². The maximum atomic E-state index is 11.5. The number of rotatable bonds is 4. The van der Waals surface area contributed by atoms with Gasteiger partial charge in [-0.05, 0) is 28.1 Å². The van der Waals surface area contributed by atoms with Crippen molar-refractivity contribution in [2.75, 3.05) is 0 Å². The first kappa shape index (κ1) is 14.7. The highest BCUT2D eigenvalue weighted by Gasteiger charge is 2.14. The second-order valence-electron chi connectivity index (χ2n) is 3.80. The van der Waals surface area contributed by atoms with E-state index in [2.05, 4.69) is 26.5 Å². The number of benzene rings is 1. The lowest BCUT2D eigenvalue weighted by molar-refractivity contribution is -0.385. The second kappa shape index (κ2) is 6.18. The van der Waals surface area contributed by atoms with E-state index in [0.717, 1.165) is 18.3 Å². The summed E-state index contributed by atoms with van der Waals surface area (Å²) in [6.45, 7) is 0. The number of furan rings is 1. The molecule has 0 fully saturated rings. The lowest BCUT2D eigenvalue weighted by Crippen LogP contribution is -2.16. The Bertz CT molecular complexity index is 712. The number of non-ortho nitro benzene ring substituents is 1. The van der Waals surface area contributed by atoms with Gasteiger partial charge in [-0.1, -0.05) is 0 Å². The third-order valence-electron chi connectivity index (χ3n) is 2.40. The molecule has 2 aromatic rings. The molecular formula is C12H8BrN3O5. The largest absolute Gasteiger partial charge is 0.506 e. The summed E-state index contributed by atoms with van der Waals surface area (Å²) in [6, 6.07) is 5.28. The van der Waals surface area contributed by atoms with Gasteiger partial charge in [-0.15, -0.1) is 0 Å². The summed E-state index contributed by atoms with van der Waals surface area (Å²) >= 11 is 3.00. The van der Waals surface area contributed by atoms with E-state index in [1.54, 1.807) is 6.07 Å². The number of amides is 1. The molecule has 0 aliphatic carbocycles. The maximum Gasteiger partial charge on any atom is 0.307 e. The molecular weight excluding hydrogens is 346 g/mol. The number of phenolic OH excluding ortho intramolecular Hbond substituents is 1. The third kappa shape index (κ3) is 3.45. The van der Waals surface area contributed by atoms with Gasteiger partial charge >= 0.3 is 5.91 Å². The normalized spacial score (nSPS) is 10.7. The molecule has 2 N–H and O–H groups in total. The Morgan fingerprint density at radius 2 is 2.29 bits per heavy atom. The van der Waals surface area contributed by atoms with Crippen LogP contribution in [0.15, 0.2) is 44.5 Å². The average molecular weight is 354 g/mol. The minimum atomic E-state index is -0.608. The molecule has 0 saturated heterocycles. The number of hydrogen-bond acceptors (Lipinski definition) is 6. The number of phenols is 1. The number of hydrogen-bond donors (Lipinski definition) is 2. The standard InChI is InChI=1S/C12H8BrN3O5/c13-9-5-8(16(19)20)4-7(11(9)17)6-14-15-12(18)10-2-1-3-21-10/h1-6,17H,(H,15,18)/b14-6-. The van der Waals surface area contributed by atoms with Crippen molar-refractivity contribution in [1.29, 1.82) is 0 Å². The van der Waals surface area contributed by atoms with Crippen molar-refractivity contribution >= 4 is 33.7 Å².